The van der Waals surface area contributed by atoms with Gasteiger partial charge in [0.1, 0.15) is 0 Å². The van der Waals surface area contributed by atoms with Gasteiger partial charge in [0.15, 0.2) is 0 Å². The summed E-state index contributed by atoms with van der Waals surface area (Å²) in [5.74, 6) is 0. The molecule has 4 heteroatoms. The van der Waals surface area contributed by atoms with E-state index in [-0.39, 0.29) is 6.16 Å². The van der Waals surface area contributed by atoms with Crippen molar-refractivity contribution in [3.63, 3.8) is 0 Å². The van der Waals surface area contributed by atoms with Gasteiger partial charge in [-0.15, -0.1) is 0 Å². The van der Waals surface area contributed by atoms with Gasteiger partial charge in [0.2, 0.25) is 0 Å². The van der Waals surface area contributed by atoms with Crippen LogP contribution in [0.5, 0.6) is 0 Å². The van der Waals surface area contributed by atoms with E-state index in [0.717, 1.165) is 0 Å². The Morgan fingerprint density at radius 2 is 1.91 bits per heavy atom. The molecule has 1 aromatic carbocycles. The first kappa shape index (κ1) is 8.47. The monoisotopic (exact) mass is 171 g/mol. The molecule has 1 aromatic rings. The largest absolute Gasteiger partial charge is 0.329 e. The number of benzene rings is 1. The summed E-state index contributed by atoms with van der Waals surface area (Å²) in [5, 5.41) is 0. The predicted molar refractivity (Wildman–Crippen MR) is 41.0 cm³/mol. The molecule has 59 valence electrons. The van der Waals surface area contributed by atoms with Crippen molar-refractivity contribution in [2.24, 2.45) is 0 Å². The van der Waals surface area contributed by atoms with Gasteiger partial charge in [0.05, 0.1) is 6.16 Å². The fourth-order valence-corrected chi connectivity index (χ4v) is 1.45. The number of hydrogen-bond donors (Lipinski definition) is 2. The van der Waals surface area contributed by atoms with E-state index in [1.165, 1.54) is 0 Å². The highest BCUT2D eigenvalue weighted by molar-refractivity contribution is 7.50. The molecule has 0 unspecified atom stereocenters. The summed E-state index contributed by atoms with van der Waals surface area (Å²) in [7, 11) is -3.90. The van der Waals surface area contributed by atoms with Crippen LogP contribution < -0.4 is 0 Å². The molecule has 0 saturated carbocycles. The number of hydrogen-bond acceptors (Lipinski definition) is 1. The zero-order chi connectivity index (χ0) is 8.32. The highest BCUT2D eigenvalue weighted by Gasteiger charge is 2.12. The fraction of sp³-hybridized carbons (Fsp3) is 0.143. The van der Waals surface area contributed by atoms with E-state index < -0.39 is 7.60 Å². The zero-order valence-electron chi connectivity index (χ0n) is 5.77. The second-order valence-electron chi connectivity index (χ2n) is 2.23. The molecule has 3 nitrogen and oxygen atoms in total. The van der Waals surface area contributed by atoms with Gasteiger partial charge in [-0.3, -0.25) is 4.57 Å². The van der Waals surface area contributed by atoms with E-state index in [0.29, 0.717) is 5.56 Å². The SMILES string of the molecule is O=P(O)(O)Cc1cc[c]cc1. The molecule has 0 aliphatic rings. The molecule has 11 heavy (non-hydrogen) atoms. The molecule has 0 aliphatic carbocycles. The van der Waals surface area contributed by atoms with Gasteiger partial charge in [-0.2, -0.15) is 0 Å². The first-order valence-corrected chi connectivity index (χ1v) is 4.87. The van der Waals surface area contributed by atoms with Crippen LogP contribution in [0.15, 0.2) is 24.3 Å². The van der Waals surface area contributed by atoms with Crippen molar-refractivity contribution in [3.05, 3.63) is 35.9 Å². The van der Waals surface area contributed by atoms with Crippen molar-refractivity contribution < 1.29 is 14.4 Å². The standard InChI is InChI=1S/C7H8O3P/c8-11(9,10)6-7-4-2-1-3-5-7/h2-5H,6H2,(H2,8,9,10). The predicted octanol–water partition coefficient (Wildman–Crippen LogP) is 1.16. The van der Waals surface area contributed by atoms with Crippen LogP contribution in [0.4, 0.5) is 0 Å². The van der Waals surface area contributed by atoms with Gasteiger partial charge < -0.3 is 9.79 Å². The molecule has 0 aliphatic heterocycles. The van der Waals surface area contributed by atoms with E-state index in [2.05, 4.69) is 6.07 Å². The third kappa shape index (κ3) is 3.33. The summed E-state index contributed by atoms with van der Waals surface area (Å²) in [5.41, 5.74) is 0.636. The second kappa shape index (κ2) is 3.18. The van der Waals surface area contributed by atoms with Crippen LogP contribution in [0.25, 0.3) is 0 Å². The van der Waals surface area contributed by atoms with E-state index in [1.54, 1.807) is 24.3 Å². The molecule has 0 bridgehead atoms. The Kier molecular flexibility index (Phi) is 2.45. The lowest BCUT2D eigenvalue weighted by atomic mass is 10.2. The summed E-state index contributed by atoms with van der Waals surface area (Å²) in [6, 6.07) is 9.30. The Hall–Kier alpha value is -0.630. The van der Waals surface area contributed by atoms with Gasteiger partial charge in [-0.1, -0.05) is 24.3 Å². The van der Waals surface area contributed by atoms with Crippen molar-refractivity contribution >= 4 is 7.60 Å². The van der Waals surface area contributed by atoms with Crippen LogP contribution >= 0.6 is 7.60 Å². The van der Waals surface area contributed by atoms with E-state index in [1.807, 2.05) is 0 Å². The molecule has 0 aromatic heterocycles. The smallest absolute Gasteiger partial charge is 0.324 e. The normalized spacial score (nSPS) is 11.5. The lowest BCUT2D eigenvalue weighted by molar-refractivity contribution is 0.372. The highest BCUT2D eigenvalue weighted by Crippen LogP contribution is 2.38. The first-order chi connectivity index (χ1) is 5.08. The minimum absolute atomic E-state index is 0.193. The summed E-state index contributed by atoms with van der Waals surface area (Å²) in [6.45, 7) is 0. The van der Waals surface area contributed by atoms with E-state index in [9.17, 15) is 4.57 Å². The first-order valence-electron chi connectivity index (χ1n) is 3.07. The fourth-order valence-electron chi connectivity index (χ4n) is 0.765. The maximum absolute atomic E-state index is 10.5. The van der Waals surface area contributed by atoms with Crippen LogP contribution in [-0.4, -0.2) is 9.79 Å². The summed E-state index contributed by atoms with van der Waals surface area (Å²) in [6.07, 6.45) is -0.193. The Morgan fingerprint density at radius 1 is 1.36 bits per heavy atom. The van der Waals surface area contributed by atoms with Crippen molar-refractivity contribution in [3.8, 4) is 0 Å². The van der Waals surface area contributed by atoms with E-state index >= 15 is 0 Å². The summed E-state index contributed by atoms with van der Waals surface area (Å²) < 4.78 is 10.5. The molecule has 0 amide bonds. The summed E-state index contributed by atoms with van der Waals surface area (Å²) in [4.78, 5) is 17.1. The Balaban J connectivity index is 2.74. The maximum Gasteiger partial charge on any atom is 0.329 e. The lowest BCUT2D eigenvalue weighted by Gasteiger charge is -2.01. The van der Waals surface area contributed by atoms with Crippen LogP contribution in [-0.2, 0) is 10.7 Å². The van der Waals surface area contributed by atoms with Gasteiger partial charge >= 0.3 is 7.60 Å². The van der Waals surface area contributed by atoms with Crippen molar-refractivity contribution in [1.29, 1.82) is 0 Å². The van der Waals surface area contributed by atoms with Gasteiger partial charge in [0.25, 0.3) is 0 Å². The molecular weight excluding hydrogens is 163 g/mol. The maximum atomic E-state index is 10.5. The van der Waals surface area contributed by atoms with E-state index in [4.69, 9.17) is 9.79 Å². The third-order valence-corrected chi connectivity index (χ3v) is 1.95. The van der Waals surface area contributed by atoms with Crippen LogP contribution in [0.3, 0.4) is 0 Å². The molecule has 0 heterocycles. The molecule has 0 saturated heterocycles. The average molecular weight is 171 g/mol. The Morgan fingerprint density at radius 3 is 2.36 bits per heavy atom. The van der Waals surface area contributed by atoms with Crippen LogP contribution in [0.2, 0.25) is 0 Å². The molecular formula is C7H8O3P. The lowest BCUT2D eigenvalue weighted by Crippen LogP contribution is -1.85. The topological polar surface area (TPSA) is 57.5 Å². The van der Waals surface area contributed by atoms with Crippen LogP contribution in [0.1, 0.15) is 5.56 Å². The van der Waals surface area contributed by atoms with Gasteiger partial charge in [-0.05, 0) is 11.6 Å². The summed E-state index contributed by atoms with van der Waals surface area (Å²) >= 11 is 0. The second-order valence-corrected chi connectivity index (χ2v) is 3.88. The zero-order valence-corrected chi connectivity index (χ0v) is 6.66. The molecule has 0 spiro atoms. The molecule has 1 radical (unpaired) electrons. The van der Waals surface area contributed by atoms with Crippen LogP contribution in [0, 0.1) is 6.07 Å². The van der Waals surface area contributed by atoms with Crippen molar-refractivity contribution in [1.82, 2.24) is 0 Å². The highest BCUT2D eigenvalue weighted by atomic mass is 31.2. The van der Waals surface area contributed by atoms with Gasteiger partial charge in [-0.25, -0.2) is 0 Å². The minimum atomic E-state index is -3.90. The Labute approximate surface area is 64.8 Å². The molecule has 1 rings (SSSR count). The molecule has 0 fully saturated rings. The number of rotatable bonds is 2. The quantitative estimate of drug-likeness (QED) is 0.656. The molecule has 2 N–H and O–H groups in total. The van der Waals surface area contributed by atoms with Gasteiger partial charge in [0, 0.05) is 0 Å². The van der Waals surface area contributed by atoms with Crippen molar-refractivity contribution in [2.45, 2.75) is 6.16 Å². The Bertz CT molecular complexity index is 264. The minimum Gasteiger partial charge on any atom is -0.324 e. The van der Waals surface area contributed by atoms with Crippen molar-refractivity contribution in [2.75, 3.05) is 0 Å². The average Bonchev–Trinajstić information content (AvgIpc) is 1.85. The molecule has 0 atom stereocenters. The third-order valence-electron chi connectivity index (χ3n) is 1.18.